The molecule has 0 aromatic rings. The molecule has 0 aromatic carbocycles. The molecule has 1 spiro atoms. The van der Waals surface area contributed by atoms with E-state index >= 15 is 0 Å². The van der Waals surface area contributed by atoms with E-state index in [2.05, 4.69) is 23.5 Å². The van der Waals surface area contributed by atoms with Crippen molar-refractivity contribution in [1.29, 1.82) is 0 Å². The summed E-state index contributed by atoms with van der Waals surface area (Å²) in [4.78, 5) is 0. The Bertz CT molecular complexity index is 263. The lowest BCUT2D eigenvalue weighted by Crippen LogP contribution is -2.50. The lowest BCUT2D eigenvalue weighted by molar-refractivity contribution is -0.0786. The van der Waals surface area contributed by atoms with Gasteiger partial charge in [0.05, 0.1) is 28.5 Å². The van der Waals surface area contributed by atoms with Crippen LogP contribution in [-0.2, 0) is 9.47 Å². The number of fused-ring (bicyclic) bond motifs is 3. The van der Waals surface area contributed by atoms with Gasteiger partial charge in [0, 0.05) is 30.8 Å². The minimum absolute atomic E-state index is 0.371. The fourth-order valence-electron chi connectivity index (χ4n) is 3.25. The van der Waals surface area contributed by atoms with Crippen molar-refractivity contribution in [3.8, 4) is 0 Å². The molecule has 4 saturated heterocycles. The van der Waals surface area contributed by atoms with Crippen LogP contribution in [0.3, 0.4) is 0 Å². The van der Waals surface area contributed by atoms with Crippen molar-refractivity contribution >= 4 is 23.5 Å². The highest BCUT2D eigenvalue weighted by Crippen LogP contribution is 2.58. The van der Waals surface area contributed by atoms with E-state index in [0.29, 0.717) is 28.5 Å². The smallest absolute Gasteiger partial charge is 0.0898 e. The minimum Gasteiger partial charge on any atom is -0.372 e. The van der Waals surface area contributed by atoms with Gasteiger partial charge in [-0.1, -0.05) is 0 Å². The van der Waals surface area contributed by atoms with Crippen molar-refractivity contribution in [3.63, 3.8) is 0 Å². The second-order valence-corrected chi connectivity index (χ2v) is 7.75. The van der Waals surface area contributed by atoms with Gasteiger partial charge in [-0.05, 0) is 0 Å². The molecule has 0 amide bonds. The molecule has 0 saturated carbocycles. The zero-order valence-electron chi connectivity index (χ0n) is 7.98. The molecule has 14 heavy (non-hydrogen) atoms. The van der Waals surface area contributed by atoms with Gasteiger partial charge in [0.2, 0.25) is 0 Å². The third kappa shape index (κ3) is 1.03. The van der Waals surface area contributed by atoms with Gasteiger partial charge in [0.15, 0.2) is 0 Å². The van der Waals surface area contributed by atoms with E-state index in [1.165, 1.54) is 17.9 Å². The van der Waals surface area contributed by atoms with E-state index in [1.54, 1.807) is 0 Å². The first-order chi connectivity index (χ1) is 6.86. The van der Waals surface area contributed by atoms with Crippen LogP contribution in [0.25, 0.3) is 0 Å². The topological polar surface area (TPSA) is 18.5 Å². The molecular formula is C10H14O2S2. The molecule has 2 nitrogen and oxygen atoms in total. The highest BCUT2D eigenvalue weighted by atomic mass is 32.2. The summed E-state index contributed by atoms with van der Waals surface area (Å²) in [5.41, 5.74) is 0. The second kappa shape index (κ2) is 2.84. The molecule has 0 radical (unpaired) electrons. The van der Waals surface area contributed by atoms with Crippen LogP contribution >= 0.6 is 23.5 Å². The highest BCUT2D eigenvalue weighted by molar-refractivity contribution is 8.21. The first kappa shape index (κ1) is 8.74. The summed E-state index contributed by atoms with van der Waals surface area (Å²) in [6.07, 6.45) is 5.38. The van der Waals surface area contributed by atoms with Crippen LogP contribution in [0.4, 0.5) is 0 Å². The molecule has 4 heteroatoms. The standard InChI is InChI=1S/C10H14O2S2/c1-2-14-10(13-1)5-8-7-3-6(11-8)4-9(10)12-7/h6-9H,1-5H2. The summed E-state index contributed by atoms with van der Waals surface area (Å²) in [5.74, 6) is 2.60. The zero-order chi connectivity index (χ0) is 9.17. The van der Waals surface area contributed by atoms with Gasteiger partial charge in [0.25, 0.3) is 0 Å². The summed E-state index contributed by atoms with van der Waals surface area (Å²) in [7, 11) is 0. The van der Waals surface area contributed by atoms with E-state index in [9.17, 15) is 0 Å². The van der Waals surface area contributed by atoms with E-state index in [0.717, 1.165) is 12.8 Å². The molecule has 4 aliphatic rings. The Hall–Kier alpha value is 0.620. The Morgan fingerprint density at radius 2 is 1.86 bits per heavy atom. The van der Waals surface area contributed by atoms with Gasteiger partial charge in [0.1, 0.15) is 0 Å². The van der Waals surface area contributed by atoms with Gasteiger partial charge in [-0.2, -0.15) is 0 Å². The van der Waals surface area contributed by atoms with Crippen LogP contribution in [0.5, 0.6) is 0 Å². The summed E-state index contributed by atoms with van der Waals surface area (Å²) in [6.45, 7) is 0. The molecule has 4 atom stereocenters. The number of thioether (sulfide) groups is 2. The number of ether oxygens (including phenoxy) is 2. The van der Waals surface area contributed by atoms with Crippen molar-refractivity contribution < 1.29 is 9.47 Å². The lowest BCUT2D eigenvalue weighted by atomic mass is 9.91. The average molecular weight is 230 g/mol. The Kier molecular flexibility index (Phi) is 1.77. The molecule has 4 unspecified atom stereocenters. The third-order valence-corrected chi connectivity index (χ3v) is 7.46. The fraction of sp³-hybridized carbons (Fsp3) is 1.00. The van der Waals surface area contributed by atoms with E-state index in [1.807, 2.05) is 0 Å². The number of hydrogen-bond acceptors (Lipinski definition) is 4. The van der Waals surface area contributed by atoms with E-state index in [4.69, 9.17) is 9.47 Å². The molecule has 0 N–H and O–H groups in total. The van der Waals surface area contributed by atoms with Gasteiger partial charge in [-0.3, -0.25) is 0 Å². The molecule has 4 aliphatic heterocycles. The van der Waals surface area contributed by atoms with Crippen LogP contribution in [0.15, 0.2) is 0 Å². The molecule has 0 aliphatic carbocycles. The van der Waals surface area contributed by atoms with Gasteiger partial charge in [-0.25, -0.2) is 0 Å². The normalized spacial score (nSPS) is 53.1. The Balaban J connectivity index is 1.71. The predicted molar refractivity (Wildman–Crippen MR) is 58.8 cm³/mol. The van der Waals surface area contributed by atoms with Crippen molar-refractivity contribution in [2.45, 2.75) is 47.8 Å². The molecular weight excluding hydrogens is 216 g/mol. The quantitative estimate of drug-likeness (QED) is 0.632. The van der Waals surface area contributed by atoms with Crippen molar-refractivity contribution in [3.05, 3.63) is 0 Å². The Morgan fingerprint density at radius 3 is 2.71 bits per heavy atom. The predicted octanol–water partition coefficient (Wildman–Crippen LogP) is 1.88. The molecule has 0 aromatic heterocycles. The fourth-order valence-corrected chi connectivity index (χ4v) is 6.68. The number of hydrogen-bond donors (Lipinski definition) is 0. The molecule has 78 valence electrons. The first-order valence-electron chi connectivity index (χ1n) is 5.45. The van der Waals surface area contributed by atoms with Crippen molar-refractivity contribution in [2.75, 3.05) is 11.5 Å². The van der Waals surface area contributed by atoms with Crippen LogP contribution in [0.1, 0.15) is 19.3 Å². The van der Waals surface area contributed by atoms with Crippen molar-refractivity contribution in [2.24, 2.45) is 0 Å². The van der Waals surface area contributed by atoms with Gasteiger partial charge in [-0.15, -0.1) is 23.5 Å². The molecule has 4 fully saturated rings. The number of rotatable bonds is 0. The van der Waals surface area contributed by atoms with E-state index < -0.39 is 0 Å². The van der Waals surface area contributed by atoms with E-state index in [-0.39, 0.29) is 0 Å². The average Bonchev–Trinajstić information content (AvgIpc) is 2.71. The van der Waals surface area contributed by atoms with Crippen LogP contribution in [0.2, 0.25) is 0 Å². The minimum atomic E-state index is 0.371. The Morgan fingerprint density at radius 1 is 1.00 bits per heavy atom. The summed E-state index contributed by atoms with van der Waals surface area (Å²) < 4.78 is 12.5. The third-order valence-electron chi connectivity index (χ3n) is 3.85. The van der Waals surface area contributed by atoms with Crippen LogP contribution in [-0.4, -0.2) is 40.0 Å². The van der Waals surface area contributed by atoms with Crippen molar-refractivity contribution in [1.82, 2.24) is 0 Å². The SMILES string of the molecule is C1CSC2(CC3OC4CC3OC2C4)S1. The summed E-state index contributed by atoms with van der Waals surface area (Å²) >= 11 is 4.25. The monoisotopic (exact) mass is 230 g/mol. The maximum absolute atomic E-state index is 6.15. The van der Waals surface area contributed by atoms with Gasteiger partial charge < -0.3 is 9.47 Å². The second-order valence-electron chi connectivity index (χ2n) is 4.64. The van der Waals surface area contributed by atoms with Gasteiger partial charge >= 0.3 is 0 Å². The zero-order valence-corrected chi connectivity index (χ0v) is 9.61. The first-order valence-corrected chi connectivity index (χ1v) is 7.42. The molecule has 4 heterocycles. The maximum atomic E-state index is 6.15. The molecule has 4 rings (SSSR count). The summed E-state index contributed by atoms with van der Waals surface area (Å²) in [6, 6.07) is 0. The van der Waals surface area contributed by atoms with Crippen LogP contribution < -0.4 is 0 Å². The summed E-state index contributed by atoms with van der Waals surface area (Å²) in [5, 5.41) is 0. The highest BCUT2D eigenvalue weighted by Gasteiger charge is 2.58. The lowest BCUT2D eigenvalue weighted by Gasteiger charge is -2.44. The Labute approximate surface area is 92.5 Å². The maximum Gasteiger partial charge on any atom is 0.0898 e. The molecule has 3 bridgehead atoms. The van der Waals surface area contributed by atoms with Crippen LogP contribution in [0, 0.1) is 0 Å². The largest absolute Gasteiger partial charge is 0.372 e.